The van der Waals surface area contributed by atoms with Crippen LogP contribution in [0.3, 0.4) is 0 Å². The van der Waals surface area contributed by atoms with E-state index in [0.29, 0.717) is 6.61 Å². The molecule has 0 N–H and O–H groups in total. The van der Waals surface area contributed by atoms with Crippen LogP contribution in [0.5, 0.6) is 0 Å². The molecule has 0 aliphatic heterocycles. The third kappa shape index (κ3) is 8.35. The first kappa shape index (κ1) is 14.3. The SMILES string of the molecule is C=CC(=O)OCCCCC[SiH](OC)OC. The van der Waals surface area contributed by atoms with Gasteiger partial charge in [-0.1, -0.05) is 19.4 Å². The van der Waals surface area contributed by atoms with E-state index in [2.05, 4.69) is 6.58 Å². The molecule has 0 aliphatic rings. The van der Waals surface area contributed by atoms with Crippen LogP contribution in [-0.4, -0.2) is 36.1 Å². The van der Waals surface area contributed by atoms with Gasteiger partial charge in [0.1, 0.15) is 0 Å². The molecule has 0 fully saturated rings. The first-order chi connectivity index (χ1) is 7.24. The van der Waals surface area contributed by atoms with Gasteiger partial charge in [-0.15, -0.1) is 0 Å². The van der Waals surface area contributed by atoms with Crippen molar-refractivity contribution in [2.24, 2.45) is 0 Å². The average molecular weight is 232 g/mol. The van der Waals surface area contributed by atoms with Crippen LogP contribution in [0.4, 0.5) is 0 Å². The summed E-state index contributed by atoms with van der Waals surface area (Å²) in [5.41, 5.74) is 0. The smallest absolute Gasteiger partial charge is 0.330 e. The molecular weight excluding hydrogens is 212 g/mol. The lowest BCUT2D eigenvalue weighted by Gasteiger charge is -2.09. The van der Waals surface area contributed by atoms with Crippen LogP contribution in [-0.2, 0) is 18.4 Å². The van der Waals surface area contributed by atoms with Gasteiger partial charge in [-0.25, -0.2) is 4.79 Å². The summed E-state index contributed by atoms with van der Waals surface area (Å²) in [6.45, 7) is 3.79. The van der Waals surface area contributed by atoms with E-state index in [1.807, 2.05) is 0 Å². The fraction of sp³-hybridized carbons (Fsp3) is 0.700. The van der Waals surface area contributed by atoms with Crippen LogP contribution in [0, 0.1) is 0 Å². The molecule has 15 heavy (non-hydrogen) atoms. The molecule has 0 aromatic rings. The monoisotopic (exact) mass is 232 g/mol. The van der Waals surface area contributed by atoms with Gasteiger partial charge in [0.15, 0.2) is 0 Å². The fourth-order valence-electron chi connectivity index (χ4n) is 1.15. The summed E-state index contributed by atoms with van der Waals surface area (Å²) in [6.07, 6.45) is 4.15. The van der Waals surface area contributed by atoms with Gasteiger partial charge in [-0.3, -0.25) is 0 Å². The highest BCUT2D eigenvalue weighted by Gasteiger charge is 2.07. The summed E-state index contributed by atoms with van der Waals surface area (Å²) in [6, 6.07) is 1.00. The van der Waals surface area contributed by atoms with E-state index in [4.69, 9.17) is 13.6 Å². The maximum Gasteiger partial charge on any atom is 0.330 e. The van der Waals surface area contributed by atoms with Crippen LogP contribution < -0.4 is 0 Å². The van der Waals surface area contributed by atoms with Crippen molar-refractivity contribution in [3.8, 4) is 0 Å². The summed E-state index contributed by atoms with van der Waals surface area (Å²) < 4.78 is 15.2. The van der Waals surface area contributed by atoms with Crippen molar-refractivity contribution < 1.29 is 18.4 Å². The van der Waals surface area contributed by atoms with Gasteiger partial charge < -0.3 is 13.6 Å². The molecule has 0 rings (SSSR count). The highest BCUT2D eigenvalue weighted by Crippen LogP contribution is 2.05. The fourth-order valence-corrected chi connectivity index (χ4v) is 2.44. The maximum absolute atomic E-state index is 10.7. The lowest BCUT2D eigenvalue weighted by atomic mass is 10.3. The topological polar surface area (TPSA) is 44.8 Å². The van der Waals surface area contributed by atoms with Crippen molar-refractivity contribution in [1.29, 1.82) is 0 Å². The molecule has 0 radical (unpaired) electrons. The second-order valence-electron chi connectivity index (χ2n) is 3.12. The van der Waals surface area contributed by atoms with Crippen molar-refractivity contribution in [2.45, 2.75) is 25.3 Å². The van der Waals surface area contributed by atoms with Crippen molar-refractivity contribution in [3.63, 3.8) is 0 Å². The molecular formula is C10H20O4Si. The summed E-state index contributed by atoms with van der Waals surface area (Å²) in [5, 5.41) is 0. The van der Waals surface area contributed by atoms with Crippen LogP contribution in [0.2, 0.25) is 6.04 Å². The lowest BCUT2D eigenvalue weighted by Crippen LogP contribution is -2.18. The zero-order chi connectivity index (χ0) is 11.5. The van der Waals surface area contributed by atoms with Gasteiger partial charge in [0, 0.05) is 20.3 Å². The van der Waals surface area contributed by atoms with Gasteiger partial charge in [0.05, 0.1) is 6.61 Å². The summed E-state index contributed by atoms with van der Waals surface area (Å²) >= 11 is 0. The number of unbranched alkanes of at least 4 members (excludes halogenated alkanes) is 2. The zero-order valence-electron chi connectivity index (χ0n) is 9.53. The number of ether oxygens (including phenoxy) is 1. The Labute approximate surface area is 93.1 Å². The molecule has 0 aromatic heterocycles. The number of rotatable bonds is 9. The van der Waals surface area contributed by atoms with Crippen LogP contribution in [0.25, 0.3) is 0 Å². The number of esters is 1. The Balaban J connectivity index is 3.24. The second kappa shape index (κ2) is 9.89. The van der Waals surface area contributed by atoms with Gasteiger partial charge in [0.2, 0.25) is 0 Å². The highest BCUT2D eigenvalue weighted by atomic mass is 28.3. The summed E-state index contributed by atoms with van der Waals surface area (Å²) in [4.78, 5) is 10.7. The number of hydrogen-bond donors (Lipinski definition) is 0. The average Bonchev–Trinajstić information content (AvgIpc) is 2.28. The predicted octanol–water partition coefficient (Wildman–Crippen LogP) is 1.40. The van der Waals surface area contributed by atoms with Crippen LogP contribution in [0.15, 0.2) is 12.7 Å². The minimum absolute atomic E-state index is 0.351. The molecule has 0 atom stereocenters. The molecule has 0 bridgehead atoms. The molecule has 0 heterocycles. The Kier molecular flexibility index (Phi) is 9.45. The molecule has 0 saturated carbocycles. The molecule has 88 valence electrons. The zero-order valence-corrected chi connectivity index (χ0v) is 10.7. The number of carbonyl (C=O) groups is 1. The molecule has 0 amide bonds. The minimum atomic E-state index is -1.39. The minimum Gasteiger partial charge on any atom is -0.463 e. The maximum atomic E-state index is 10.7. The van der Waals surface area contributed by atoms with Crippen molar-refractivity contribution in [3.05, 3.63) is 12.7 Å². The Bertz CT molecular complexity index is 180. The van der Waals surface area contributed by atoms with Crippen molar-refractivity contribution in [2.75, 3.05) is 20.8 Å². The highest BCUT2D eigenvalue weighted by molar-refractivity contribution is 6.44. The molecule has 5 heteroatoms. The molecule has 0 saturated heterocycles. The molecule has 0 unspecified atom stereocenters. The number of hydrogen-bond acceptors (Lipinski definition) is 4. The van der Waals surface area contributed by atoms with Crippen molar-refractivity contribution in [1.82, 2.24) is 0 Å². The third-order valence-corrected chi connectivity index (χ3v) is 3.95. The molecule has 4 nitrogen and oxygen atoms in total. The van der Waals surface area contributed by atoms with Crippen molar-refractivity contribution >= 4 is 15.3 Å². The van der Waals surface area contributed by atoms with Gasteiger partial charge in [-0.05, 0) is 12.5 Å². The van der Waals surface area contributed by atoms with Gasteiger partial charge in [-0.2, -0.15) is 0 Å². The summed E-state index contributed by atoms with van der Waals surface area (Å²) in [5.74, 6) is -0.351. The predicted molar refractivity (Wildman–Crippen MR) is 61.0 cm³/mol. The van der Waals surface area contributed by atoms with Gasteiger partial charge >= 0.3 is 15.3 Å². The lowest BCUT2D eigenvalue weighted by molar-refractivity contribution is -0.137. The largest absolute Gasteiger partial charge is 0.463 e. The summed E-state index contributed by atoms with van der Waals surface area (Å²) in [7, 11) is 1.98. The normalized spacial score (nSPS) is 10.3. The van der Waals surface area contributed by atoms with E-state index in [1.54, 1.807) is 14.2 Å². The van der Waals surface area contributed by atoms with Crippen LogP contribution in [0.1, 0.15) is 19.3 Å². The second-order valence-corrected chi connectivity index (χ2v) is 5.50. The molecule has 0 aromatic carbocycles. The van der Waals surface area contributed by atoms with E-state index < -0.39 is 9.28 Å². The molecule has 0 aliphatic carbocycles. The Hall–Kier alpha value is -0.653. The molecule has 0 spiro atoms. The van der Waals surface area contributed by atoms with E-state index in [0.717, 1.165) is 25.3 Å². The Morgan fingerprint density at radius 3 is 2.47 bits per heavy atom. The van der Waals surface area contributed by atoms with E-state index in [1.165, 1.54) is 6.08 Å². The Morgan fingerprint density at radius 2 is 1.93 bits per heavy atom. The van der Waals surface area contributed by atoms with Crippen LogP contribution >= 0.6 is 0 Å². The van der Waals surface area contributed by atoms with E-state index in [-0.39, 0.29) is 5.97 Å². The third-order valence-electron chi connectivity index (χ3n) is 2.02. The van der Waals surface area contributed by atoms with E-state index >= 15 is 0 Å². The first-order valence-electron chi connectivity index (χ1n) is 5.09. The van der Waals surface area contributed by atoms with E-state index in [9.17, 15) is 4.79 Å². The Morgan fingerprint density at radius 1 is 1.27 bits per heavy atom. The first-order valence-corrected chi connectivity index (χ1v) is 6.85. The quantitative estimate of drug-likeness (QED) is 0.261. The number of carbonyl (C=O) groups excluding carboxylic acids is 1. The van der Waals surface area contributed by atoms with Gasteiger partial charge in [0.25, 0.3) is 0 Å². The standard InChI is InChI=1S/C10H20O4Si/c1-4-10(11)14-8-6-5-7-9-15(12-2)13-3/h4,15H,1,5-9H2,2-3H3.